The van der Waals surface area contributed by atoms with Crippen molar-refractivity contribution in [2.24, 2.45) is 5.92 Å². The maximum absolute atomic E-state index is 12.7. The van der Waals surface area contributed by atoms with Gasteiger partial charge in [-0.3, -0.25) is 19.7 Å². The smallest absolute Gasteiger partial charge is 0.282 e. The molecule has 3 rings (SSSR count). The van der Waals surface area contributed by atoms with Crippen molar-refractivity contribution < 1.29 is 14.5 Å². The standard InChI is InChI=1S/C15H17N3O4S/c19-14(16-7-10-5-6-10)13-8-23-9-17(13)15(20)11-3-1-2-4-12(11)18(21)22/h1-4,10,13H,5-9H2,(H,16,19). The lowest BCUT2D eigenvalue weighted by molar-refractivity contribution is -0.385. The number of amides is 2. The Labute approximate surface area is 137 Å². The van der Waals surface area contributed by atoms with E-state index in [-0.39, 0.29) is 17.2 Å². The lowest BCUT2D eigenvalue weighted by atomic mass is 10.1. The van der Waals surface area contributed by atoms with Crippen LogP contribution in [0.2, 0.25) is 0 Å². The summed E-state index contributed by atoms with van der Waals surface area (Å²) in [5.41, 5.74) is -0.202. The van der Waals surface area contributed by atoms with Crippen molar-refractivity contribution in [3.8, 4) is 0 Å². The van der Waals surface area contributed by atoms with Gasteiger partial charge in [0.05, 0.1) is 10.8 Å². The first-order chi connectivity index (χ1) is 11.1. The Morgan fingerprint density at radius 3 is 2.78 bits per heavy atom. The van der Waals surface area contributed by atoms with Gasteiger partial charge in [-0.15, -0.1) is 11.8 Å². The van der Waals surface area contributed by atoms with Gasteiger partial charge in [0.25, 0.3) is 11.6 Å². The molecule has 2 aliphatic rings. The van der Waals surface area contributed by atoms with Crippen LogP contribution in [0.4, 0.5) is 5.69 Å². The highest BCUT2D eigenvalue weighted by Crippen LogP contribution is 2.29. The number of nitro benzene ring substituents is 1. The first kappa shape index (κ1) is 15.8. The number of benzene rings is 1. The van der Waals surface area contributed by atoms with Gasteiger partial charge in [-0.1, -0.05) is 12.1 Å². The van der Waals surface area contributed by atoms with E-state index in [1.54, 1.807) is 6.07 Å². The second kappa shape index (κ2) is 6.57. The largest absolute Gasteiger partial charge is 0.354 e. The van der Waals surface area contributed by atoms with E-state index in [9.17, 15) is 19.7 Å². The number of nitrogens with zero attached hydrogens (tertiary/aromatic N) is 2. The highest BCUT2D eigenvalue weighted by atomic mass is 32.2. The Kier molecular flexibility index (Phi) is 4.51. The van der Waals surface area contributed by atoms with Crippen LogP contribution in [0.15, 0.2) is 24.3 Å². The van der Waals surface area contributed by atoms with Gasteiger partial charge in [-0.05, 0) is 24.8 Å². The SMILES string of the molecule is O=C(NCC1CC1)C1CSCN1C(=O)c1ccccc1[N+](=O)[O-]. The summed E-state index contributed by atoms with van der Waals surface area (Å²) in [7, 11) is 0. The van der Waals surface area contributed by atoms with E-state index in [0.29, 0.717) is 24.1 Å². The van der Waals surface area contributed by atoms with E-state index in [1.165, 1.54) is 34.9 Å². The molecule has 1 aromatic rings. The summed E-state index contributed by atoms with van der Waals surface area (Å²) in [5, 5.41) is 14.0. The minimum absolute atomic E-state index is 0.0278. The molecule has 0 bridgehead atoms. The predicted octanol–water partition coefficient (Wildman–Crippen LogP) is 1.64. The van der Waals surface area contributed by atoms with E-state index in [4.69, 9.17) is 0 Å². The fourth-order valence-corrected chi connectivity index (χ4v) is 3.67. The lowest BCUT2D eigenvalue weighted by Gasteiger charge is -2.23. The van der Waals surface area contributed by atoms with E-state index in [2.05, 4.69) is 5.32 Å². The Morgan fingerprint density at radius 1 is 1.35 bits per heavy atom. The first-order valence-corrected chi connectivity index (χ1v) is 8.63. The first-order valence-electron chi connectivity index (χ1n) is 7.47. The molecule has 122 valence electrons. The zero-order valence-corrected chi connectivity index (χ0v) is 13.3. The quantitative estimate of drug-likeness (QED) is 0.652. The molecule has 8 heteroatoms. The van der Waals surface area contributed by atoms with E-state index >= 15 is 0 Å². The summed E-state index contributed by atoms with van der Waals surface area (Å²) in [6, 6.07) is 5.28. The van der Waals surface area contributed by atoms with Crippen LogP contribution in [0, 0.1) is 16.0 Å². The summed E-state index contributed by atoms with van der Waals surface area (Å²) in [6.07, 6.45) is 2.27. The molecule has 1 N–H and O–H groups in total. The fourth-order valence-electron chi connectivity index (χ4n) is 2.51. The van der Waals surface area contributed by atoms with Gasteiger partial charge in [-0.2, -0.15) is 0 Å². The van der Waals surface area contributed by atoms with Crippen LogP contribution < -0.4 is 5.32 Å². The van der Waals surface area contributed by atoms with Crippen molar-refractivity contribution in [1.82, 2.24) is 10.2 Å². The van der Waals surface area contributed by atoms with Crippen LogP contribution in [-0.4, -0.2) is 45.9 Å². The number of rotatable bonds is 5. The molecule has 1 aliphatic heterocycles. The molecule has 23 heavy (non-hydrogen) atoms. The van der Waals surface area contributed by atoms with Crippen LogP contribution in [0.5, 0.6) is 0 Å². The molecule has 2 fully saturated rings. The van der Waals surface area contributed by atoms with Crippen LogP contribution >= 0.6 is 11.8 Å². The third-order valence-electron chi connectivity index (χ3n) is 4.04. The third-order valence-corrected chi connectivity index (χ3v) is 5.05. The average Bonchev–Trinajstić information content (AvgIpc) is 3.26. The number of hydrogen-bond acceptors (Lipinski definition) is 5. The molecular weight excluding hydrogens is 318 g/mol. The van der Waals surface area contributed by atoms with E-state index in [1.807, 2.05) is 0 Å². The molecule has 2 amide bonds. The topological polar surface area (TPSA) is 92.6 Å². The average molecular weight is 335 g/mol. The molecule has 1 heterocycles. The van der Waals surface area contributed by atoms with Gasteiger partial charge in [0.1, 0.15) is 11.6 Å². The monoisotopic (exact) mass is 335 g/mol. The number of para-hydroxylation sites is 1. The second-order valence-electron chi connectivity index (χ2n) is 5.75. The van der Waals surface area contributed by atoms with Crippen molar-refractivity contribution >= 4 is 29.3 Å². The minimum Gasteiger partial charge on any atom is -0.354 e. The Balaban J connectivity index is 1.75. The fraction of sp³-hybridized carbons (Fsp3) is 0.467. The molecule has 7 nitrogen and oxygen atoms in total. The van der Waals surface area contributed by atoms with Crippen LogP contribution in [-0.2, 0) is 4.79 Å². The molecule has 1 aliphatic carbocycles. The van der Waals surface area contributed by atoms with Crippen LogP contribution in [0.1, 0.15) is 23.2 Å². The highest BCUT2D eigenvalue weighted by molar-refractivity contribution is 7.99. The number of hydrogen-bond donors (Lipinski definition) is 1. The van der Waals surface area contributed by atoms with Crippen molar-refractivity contribution in [3.05, 3.63) is 39.9 Å². The van der Waals surface area contributed by atoms with Gasteiger partial charge in [0.2, 0.25) is 5.91 Å². The molecule has 0 spiro atoms. The van der Waals surface area contributed by atoms with Gasteiger partial charge < -0.3 is 10.2 Å². The van der Waals surface area contributed by atoms with Gasteiger partial charge >= 0.3 is 0 Å². The highest BCUT2D eigenvalue weighted by Gasteiger charge is 2.37. The molecule has 1 unspecified atom stereocenters. The zero-order chi connectivity index (χ0) is 16.4. The molecule has 1 saturated heterocycles. The Bertz CT molecular complexity index is 647. The van der Waals surface area contributed by atoms with Crippen LogP contribution in [0.25, 0.3) is 0 Å². The molecule has 0 radical (unpaired) electrons. The van der Waals surface area contributed by atoms with Crippen molar-refractivity contribution in [1.29, 1.82) is 0 Å². The summed E-state index contributed by atoms with van der Waals surface area (Å²) in [5.74, 6) is 0.810. The molecule has 1 saturated carbocycles. The number of thioether (sulfide) groups is 1. The maximum Gasteiger partial charge on any atom is 0.282 e. The van der Waals surface area contributed by atoms with Gasteiger partial charge in [-0.25, -0.2) is 0 Å². The Morgan fingerprint density at radius 2 is 2.09 bits per heavy atom. The third kappa shape index (κ3) is 3.47. The van der Waals surface area contributed by atoms with Crippen molar-refractivity contribution in [3.63, 3.8) is 0 Å². The molecule has 0 aromatic heterocycles. The number of carbonyl (C=O) groups excluding carboxylic acids is 2. The second-order valence-corrected chi connectivity index (χ2v) is 6.75. The van der Waals surface area contributed by atoms with Gasteiger partial charge in [0, 0.05) is 18.4 Å². The molecular formula is C15H17N3O4S. The summed E-state index contributed by atoms with van der Waals surface area (Å²) < 4.78 is 0. The van der Waals surface area contributed by atoms with Crippen molar-refractivity contribution in [2.75, 3.05) is 18.2 Å². The van der Waals surface area contributed by atoms with E-state index < -0.39 is 16.9 Å². The number of nitro groups is 1. The maximum atomic E-state index is 12.7. The summed E-state index contributed by atoms with van der Waals surface area (Å²) in [4.78, 5) is 36.9. The van der Waals surface area contributed by atoms with E-state index in [0.717, 1.165) is 12.8 Å². The van der Waals surface area contributed by atoms with Crippen molar-refractivity contribution in [2.45, 2.75) is 18.9 Å². The minimum atomic E-state index is -0.571. The molecule has 1 aromatic carbocycles. The predicted molar refractivity (Wildman–Crippen MR) is 86.1 cm³/mol. The Hall–Kier alpha value is -2.09. The van der Waals surface area contributed by atoms with Crippen LogP contribution in [0.3, 0.4) is 0 Å². The normalized spacial score (nSPS) is 20.3. The molecule has 1 atom stereocenters. The van der Waals surface area contributed by atoms with Gasteiger partial charge in [0.15, 0.2) is 0 Å². The summed E-state index contributed by atoms with van der Waals surface area (Å²) in [6.45, 7) is 0.646. The zero-order valence-electron chi connectivity index (χ0n) is 12.4. The lowest BCUT2D eigenvalue weighted by Crippen LogP contribution is -2.47. The summed E-state index contributed by atoms with van der Waals surface area (Å²) >= 11 is 1.48. The number of nitrogens with one attached hydrogen (secondary N) is 1. The number of carbonyl (C=O) groups is 2.